The zero-order chi connectivity index (χ0) is 23.9. The normalized spacial score (nSPS) is 16.5. The van der Waals surface area contributed by atoms with Crippen LogP contribution in [-0.4, -0.2) is 43.2 Å². The highest BCUT2D eigenvalue weighted by Crippen LogP contribution is 2.30. The molecule has 3 aromatic carbocycles. The predicted molar refractivity (Wildman–Crippen MR) is 134 cm³/mol. The van der Waals surface area contributed by atoms with Crippen LogP contribution in [0.4, 0.5) is 5.69 Å². The molecule has 0 radical (unpaired) electrons. The molecule has 0 aliphatic carbocycles. The Morgan fingerprint density at radius 1 is 1.24 bits per heavy atom. The Balaban J connectivity index is 1.66. The second-order valence-corrected chi connectivity index (χ2v) is 8.34. The molecule has 0 aromatic heterocycles. The van der Waals surface area contributed by atoms with Crippen LogP contribution in [0, 0.1) is 0 Å². The number of carbonyl (C=O) groups is 1. The van der Waals surface area contributed by atoms with Gasteiger partial charge in [0.1, 0.15) is 18.5 Å². The van der Waals surface area contributed by atoms with Crippen molar-refractivity contribution in [3.63, 3.8) is 0 Å². The molecular weight excluding hydrogens is 430 g/mol. The van der Waals surface area contributed by atoms with Gasteiger partial charge < -0.3 is 25.7 Å². The van der Waals surface area contributed by atoms with Crippen LogP contribution >= 0.6 is 0 Å². The van der Waals surface area contributed by atoms with E-state index in [0.717, 1.165) is 47.2 Å². The number of hydrogen-bond acceptors (Lipinski definition) is 7. The molecule has 4 rings (SSSR count). The van der Waals surface area contributed by atoms with E-state index < -0.39 is 5.92 Å². The van der Waals surface area contributed by atoms with Crippen molar-refractivity contribution in [2.75, 3.05) is 25.4 Å². The summed E-state index contributed by atoms with van der Waals surface area (Å²) in [5.41, 5.74) is 8.97. The molecule has 1 saturated heterocycles. The fraction of sp³-hybridized carbons (Fsp3) is 0.259. The molecule has 7 heteroatoms. The maximum absolute atomic E-state index is 13.0. The molecule has 0 saturated carbocycles. The van der Waals surface area contributed by atoms with Crippen LogP contribution in [0.3, 0.4) is 0 Å². The highest BCUT2D eigenvalue weighted by atomic mass is 16.5. The topological polar surface area (TPSA) is 106 Å². The summed E-state index contributed by atoms with van der Waals surface area (Å²) in [6, 6.07) is 17.1. The van der Waals surface area contributed by atoms with Crippen LogP contribution in [0.5, 0.6) is 5.75 Å². The van der Waals surface area contributed by atoms with Gasteiger partial charge >= 0.3 is 5.97 Å². The van der Waals surface area contributed by atoms with Gasteiger partial charge in [0.05, 0.1) is 12.1 Å². The van der Waals surface area contributed by atoms with E-state index in [0.29, 0.717) is 17.7 Å². The minimum Gasteiger partial charge on any atom is -0.489 e. The Hall–Kier alpha value is -3.84. The van der Waals surface area contributed by atoms with E-state index in [-0.39, 0.29) is 18.7 Å². The maximum Gasteiger partial charge on any atom is 0.314 e. The lowest BCUT2D eigenvalue weighted by atomic mass is 9.88. The molecule has 4 N–H and O–H groups in total. The van der Waals surface area contributed by atoms with Crippen molar-refractivity contribution < 1.29 is 19.5 Å². The lowest BCUT2D eigenvalue weighted by molar-refractivity contribution is -0.144. The Morgan fingerprint density at radius 2 is 2.03 bits per heavy atom. The first-order valence-corrected chi connectivity index (χ1v) is 11.3. The number of anilines is 1. The third-order valence-corrected chi connectivity index (χ3v) is 6.02. The SMILES string of the molecule is C=CCOC(=O)C(Cc1ccc2ccc(N)cc2c1/C=N\O)c1ccc(O[C@H]2CCNC2)cc1. The van der Waals surface area contributed by atoms with Crippen molar-refractivity contribution in [1.29, 1.82) is 0 Å². The van der Waals surface area contributed by atoms with Gasteiger partial charge in [-0.1, -0.05) is 48.1 Å². The number of fused-ring (bicyclic) bond motifs is 1. The van der Waals surface area contributed by atoms with Gasteiger partial charge in [0, 0.05) is 17.8 Å². The van der Waals surface area contributed by atoms with E-state index in [1.165, 1.54) is 6.21 Å². The van der Waals surface area contributed by atoms with Crippen molar-refractivity contribution in [3.05, 3.63) is 83.9 Å². The molecule has 1 fully saturated rings. The summed E-state index contributed by atoms with van der Waals surface area (Å²) in [5.74, 6) is -0.149. The fourth-order valence-electron chi connectivity index (χ4n) is 4.29. The maximum atomic E-state index is 13.0. The quantitative estimate of drug-likeness (QED) is 0.111. The zero-order valence-electron chi connectivity index (χ0n) is 18.9. The summed E-state index contributed by atoms with van der Waals surface area (Å²) in [7, 11) is 0. The third-order valence-electron chi connectivity index (χ3n) is 6.02. The lowest BCUT2D eigenvalue weighted by Gasteiger charge is -2.19. The summed E-state index contributed by atoms with van der Waals surface area (Å²) in [5, 5.41) is 17.7. The number of nitrogens with zero attached hydrogens (tertiary/aromatic N) is 1. The molecule has 1 aliphatic heterocycles. The van der Waals surface area contributed by atoms with Crippen LogP contribution in [0.15, 0.2) is 72.4 Å². The van der Waals surface area contributed by atoms with Crippen molar-refractivity contribution >= 4 is 28.6 Å². The molecule has 176 valence electrons. The molecular formula is C27H29N3O4. The van der Waals surface area contributed by atoms with E-state index in [1.807, 2.05) is 54.6 Å². The zero-order valence-corrected chi connectivity index (χ0v) is 18.9. The van der Waals surface area contributed by atoms with Gasteiger partial charge in [-0.3, -0.25) is 4.79 Å². The number of benzene rings is 3. The van der Waals surface area contributed by atoms with Gasteiger partial charge in [0.15, 0.2) is 0 Å². The van der Waals surface area contributed by atoms with Crippen LogP contribution in [-0.2, 0) is 16.0 Å². The van der Waals surface area contributed by atoms with E-state index in [1.54, 1.807) is 6.08 Å². The van der Waals surface area contributed by atoms with Crippen LogP contribution in [0.2, 0.25) is 0 Å². The largest absolute Gasteiger partial charge is 0.489 e. The Morgan fingerprint density at radius 3 is 2.74 bits per heavy atom. The first-order valence-electron chi connectivity index (χ1n) is 11.3. The number of nitrogens with two attached hydrogens (primary N) is 1. The smallest absolute Gasteiger partial charge is 0.314 e. The third kappa shape index (κ3) is 5.38. The molecule has 3 aromatic rings. The first-order chi connectivity index (χ1) is 16.6. The number of oxime groups is 1. The summed E-state index contributed by atoms with van der Waals surface area (Å²) < 4.78 is 11.4. The van der Waals surface area contributed by atoms with Gasteiger partial charge in [-0.15, -0.1) is 0 Å². The Kier molecular flexibility index (Phi) is 7.44. The van der Waals surface area contributed by atoms with Crippen LogP contribution in [0.1, 0.15) is 29.0 Å². The molecule has 0 spiro atoms. The van der Waals surface area contributed by atoms with Gasteiger partial charge in [-0.05, 0) is 65.6 Å². The standard InChI is InChI=1S/C27H29N3O4/c1-2-13-33-27(31)25(19-6-9-22(10-7-19)34-23-11-12-29-16-23)14-20-4-3-18-5-8-21(28)15-24(18)26(20)17-30-32/h2-10,15,17,23,25,29,32H,1,11-14,16,28H2/b30-17-/t23-,25?/m0/s1. The van der Waals surface area contributed by atoms with E-state index in [2.05, 4.69) is 17.1 Å². The molecule has 34 heavy (non-hydrogen) atoms. The number of carbonyl (C=O) groups excluding carboxylic acids is 1. The number of ether oxygens (including phenoxy) is 2. The monoisotopic (exact) mass is 459 g/mol. The summed E-state index contributed by atoms with van der Waals surface area (Å²) in [6.07, 6.45) is 4.42. The average molecular weight is 460 g/mol. The highest BCUT2D eigenvalue weighted by Gasteiger charge is 2.25. The summed E-state index contributed by atoms with van der Waals surface area (Å²) in [6.45, 7) is 5.55. The molecule has 1 unspecified atom stereocenters. The fourth-order valence-corrected chi connectivity index (χ4v) is 4.29. The molecule has 0 bridgehead atoms. The Bertz CT molecular complexity index is 1180. The van der Waals surface area contributed by atoms with E-state index >= 15 is 0 Å². The Labute approximate surface area is 198 Å². The predicted octanol–water partition coefficient (Wildman–Crippen LogP) is 4.03. The number of rotatable bonds is 9. The average Bonchev–Trinajstić information content (AvgIpc) is 3.36. The molecule has 0 amide bonds. The van der Waals surface area contributed by atoms with Crippen LogP contribution < -0.4 is 15.8 Å². The van der Waals surface area contributed by atoms with Crippen molar-refractivity contribution in [2.45, 2.75) is 24.9 Å². The second-order valence-electron chi connectivity index (χ2n) is 8.34. The molecule has 1 heterocycles. The minimum atomic E-state index is -0.563. The first kappa shape index (κ1) is 23.3. The molecule has 1 aliphatic rings. The second kappa shape index (κ2) is 10.9. The lowest BCUT2D eigenvalue weighted by Crippen LogP contribution is -2.20. The van der Waals surface area contributed by atoms with Crippen molar-refractivity contribution in [1.82, 2.24) is 5.32 Å². The molecule has 7 nitrogen and oxygen atoms in total. The summed E-state index contributed by atoms with van der Waals surface area (Å²) >= 11 is 0. The van der Waals surface area contributed by atoms with Gasteiger partial charge in [-0.2, -0.15) is 0 Å². The minimum absolute atomic E-state index is 0.129. The summed E-state index contributed by atoms with van der Waals surface area (Å²) in [4.78, 5) is 13.0. The van der Waals surface area contributed by atoms with Crippen LogP contribution in [0.25, 0.3) is 10.8 Å². The number of nitrogens with one attached hydrogen (secondary N) is 1. The number of esters is 1. The van der Waals surface area contributed by atoms with E-state index in [4.69, 9.17) is 15.2 Å². The van der Waals surface area contributed by atoms with E-state index in [9.17, 15) is 10.0 Å². The van der Waals surface area contributed by atoms with Gasteiger partial charge in [0.25, 0.3) is 0 Å². The van der Waals surface area contributed by atoms with Gasteiger partial charge in [0.2, 0.25) is 0 Å². The van der Waals surface area contributed by atoms with Crippen molar-refractivity contribution in [3.8, 4) is 5.75 Å². The number of hydrogen-bond donors (Lipinski definition) is 3. The van der Waals surface area contributed by atoms with Gasteiger partial charge in [-0.25, -0.2) is 0 Å². The van der Waals surface area contributed by atoms with Crippen molar-refractivity contribution in [2.24, 2.45) is 5.16 Å². The number of nitrogen functional groups attached to an aromatic ring is 1. The highest BCUT2D eigenvalue weighted by molar-refractivity contribution is 6.02. The molecule has 2 atom stereocenters.